The molecule has 0 spiro atoms. The third-order valence-corrected chi connectivity index (χ3v) is 1.49. The van der Waals surface area contributed by atoms with Gasteiger partial charge in [0.15, 0.2) is 0 Å². The van der Waals surface area contributed by atoms with Gasteiger partial charge in [0.05, 0.1) is 12.7 Å². The van der Waals surface area contributed by atoms with Crippen molar-refractivity contribution in [1.82, 2.24) is 4.98 Å². The van der Waals surface area contributed by atoms with E-state index in [0.29, 0.717) is 6.20 Å². The highest BCUT2D eigenvalue weighted by molar-refractivity contribution is 5.87. The number of hydrogen-bond donors (Lipinski definition) is 0. The summed E-state index contributed by atoms with van der Waals surface area (Å²) in [6, 6.07) is 1.74. The van der Waals surface area contributed by atoms with Gasteiger partial charge in [-0.25, -0.2) is 9.78 Å². The molecule has 1 aromatic rings. The Labute approximate surface area is 89.7 Å². The van der Waals surface area contributed by atoms with E-state index in [4.69, 9.17) is 0 Å². The first-order chi connectivity index (χ1) is 6.45. The van der Waals surface area contributed by atoms with Gasteiger partial charge in [-0.3, -0.25) is 0 Å². The Balaban J connectivity index is 0.00000196. The number of pyridine rings is 1. The van der Waals surface area contributed by atoms with Crippen LogP contribution in [0, 0.1) is 0 Å². The van der Waals surface area contributed by atoms with Crippen LogP contribution in [-0.4, -0.2) is 18.1 Å². The van der Waals surface area contributed by atoms with E-state index in [2.05, 4.69) is 9.72 Å². The summed E-state index contributed by atoms with van der Waals surface area (Å²) in [5, 5.41) is 0. The van der Waals surface area contributed by atoms with Crippen molar-refractivity contribution in [3.8, 4) is 0 Å². The Morgan fingerprint density at radius 1 is 1.40 bits per heavy atom. The SMILES string of the molecule is COC(=O)c1ccc(C(F)(F)F)cn1.Cl. The van der Waals surface area contributed by atoms with Crippen molar-refractivity contribution in [1.29, 1.82) is 0 Å². The van der Waals surface area contributed by atoms with Crippen molar-refractivity contribution in [3.63, 3.8) is 0 Å². The average Bonchev–Trinajstić information content (AvgIpc) is 2.15. The molecule has 0 bridgehead atoms. The number of aromatic nitrogens is 1. The molecular formula is C8H7ClF3NO2. The number of methoxy groups -OCH3 is 1. The number of alkyl halides is 3. The van der Waals surface area contributed by atoms with Gasteiger partial charge < -0.3 is 4.74 Å². The Kier molecular flexibility index (Phi) is 4.54. The first-order valence-corrected chi connectivity index (χ1v) is 3.56. The lowest BCUT2D eigenvalue weighted by molar-refractivity contribution is -0.137. The first-order valence-electron chi connectivity index (χ1n) is 3.56. The third-order valence-electron chi connectivity index (χ3n) is 1.49. The molecule has 1 heterocycles. The van der Waals surface area contributed by atoms with Gasteiger partial charge in [0.2, 0.25) is 0 Å². The summed E-state index contributed by atoms with van der Waals surface area (Å²) in [4.78, 5) is 14.1. The van der Waals surface area contributed by atoms with E-state index >= 15 is 0 Å². The number of ether oxygens (including phenoxy) is 1. The second-order valence-corrected chi connectivity index (χ2v) is 2.42. The molecular weight excluding hydrogens is 235 g/mol. The van der Waals surface area contributed by atoms with Crippen LogP contribution in [0.25, 0.3) is 0 Å². The minimum absolute atomic E-state index is 0. The van der Waals surface area contributed by atoms with Gasteiger partial charge in [0.25, 0.3) is 0 Å². The molecule has 3 nitrogen and oxygen atoms in total. The van der Waals surface area contributed by atoms with E-state index in [1.807, 2.05) is 0 Å². The van der Waals surface area contributed by atoms with Crippen molar-refractivity contribution >= 4 is 18.4 Å². The summed E-state index contributed by atoms with van der Waals surface area (Å²) in [5.41, 5.74) is -1.05. The highest BCUT2D eigenvalue weighted by atomic mass is 35.5. The molecule has 84 valence electrons. The average molecular weight is 242 g/mol. The van der Waals surface area contributed by atoms with Crippen LogP contribution in [0.2, 0.25) is 0 Å². The van der Waals surface area contributed by atoms with Crippen LogP contribution >= 0.6 is 12.4 Å². The monoisotopic (exact) mass is 241 g/mol. The van der Waals surface area contributed by atoms with Crippen LogP contribution in [0.5, 0.6) is 0 Å². The molecule has 1 aromatic heterocycles. The highest BCUT2D eigenvalue weighted by Crippen LogP contribution is 2.28. The summed E-state index contributed by atoms with van der Waals surface area (Å²) in [6.45, 7) is 0. The maximum atomic E-state index is 12.0. The molecule has 0 radical (unpaired) electrons. The third kappa shape index (κ3) is 3.39. The fraction of sp³-hybridized carbons (Fsp3) is 0.250. The van der Waals surface area contributed by atoms with E-state index in [-0.39, 0.29) is 18.1 Å². The molecule has 1 rings (SSSR count). The normalized spacial score (nSPS) is 10.4. The van der Waals surface area contributed by atoms with E-state index in [0.717, 1.165) is 19.2 Å². The minimum Gasteiger partial charge on any atom is -0.464 e. The summed E-state index contributed by atoms with van der Waals surface area (Å²) in [5.74, 6) is -0.765. The van der Waals surface area contributed by atoms with E-state index in [1.165, 1.54) is 0 Å². The molecule has 0 aliphatic rings. The highest BCUT2D eigenvalue weighted by Gasteiger charge is 2.30. The molecule has 0 aromatic carbocycles. The lowest BCUT2D eigenvalue weighted by Crippen LogP contribution is -2.08. The molecule has 0 fully saturated rings. The minimum atomic E-state index is -4.44. The summed E-state index contributed by atoms with van der Waals surface area (Å²) in [7, 11) is 1.13. The standard InChI is InChI=1S/C8H6F3NO2.ClH/c1-14-7(13)6-3-2-5(4-12-6)8(9,10)11;/h2-4H,1H3;1H. The van der Waals surface area contributed by atoms with Gasteiger partial charge in [-0.2, -0.15) is 13.2 Å². The maximum absolute atomic E-state index is 12.0. The Morgan fingerprint density at radius 2 is 2.00 bits per heavy atom. The zero-order valence-electron chi connectivity index (χ0n) is 7.54. The molecule has 0 amide bonds. The Hall–Kier alpha value is -1.30. The van der Waals surface area contributed by atoms with Gasteiger partial charge in [-0.15, -0.1) is 12.4 Å². The van der Waals surface area contributed by atoms with Crippen LogP contribution in [0.3, 0.4) is 0 Å². The van der Waals surface area contributed by atoms with Gasteiger partial charge in [-0.1, -0.05) is 0 Å². The number of halogens is 4. The summed E-state index contributed by atoms with van der Waals surface area (Å²) < 4.78 is 40.4. The van der Waals surface area contributed by atoms with Crippen molar-refractivity contribution in [3.05, 3.63) is 29.6 Å². The molecule has 0 unspecified atom stereocenters. The molecule has 15 heavy (non-hydrogen) atoms. The lowest BCUT2D eigenvalue weighted by atomic mass is 10.2. The molecule has 0 aliphatic carbocycles. The fourth-order valence-corrected chi connectivity index (χ4v) is 0.787. The van der Waals surface area contributed by atoms with Crippen LogP contribution in [0.15, 0.2) is 18.3 Å². The number of rotatable bonds is 1. The van der Waals surface area contributed by atoms with E-state index in [9.17, 15) is 18.0 Å². The number of esters is 1. The van der Waals surface area contributed by atoms with Crippen molar-refractivity contribution in [2.24, 2.45) is 0 Å². The van der Waals surface area contributed by atoms with Gasteiger partial charge >= 0.3 is 12.1 Å². The lowest BCUT2D eigenvalue weighted by Gasteiger charge is -2.05. The molecule has 0 aliphatic heterocycles. The molecule has 0 N–H and O–H groups in total. The predicted octanol–water partition coefficient (Wildman–Crippen LogP) is 2.31. The molecule has 7 heteroatoms. The fourth-order valence-electron chi connectivity index (χ4n) is 0.787. The van der Waals surface area contributed by atoms with E-state index in [1.54, 1.807) is 0 Å². The van der Waals surface area contributed by atoms with Crippen molar-refractivity contribution in [2.75, 3.05) is 7.11 Å². The van der Waals surface area contributed by atoms with E-state index < -0.39 is 17.7 Å². The Morgan fingerprint density at radius 3 is 2.33 bits per heavy atom. The molecule has 0 saturated carbocycles. The zero-order valence-corrected chi connectivity index (χ0v) is 8.35. The van der Waals surface area contributed by atoms with Crippen LogP contribution in [-0.2, 0) is 10.9 Å². The smallest absolute Gasteiger partial charge is 0.417 e. The van der Waals surface area contributed by atoms with Gasteiger partial charge in [-0.05, 0) is 12.1 Å². The number of nitrogens with zero attached hydrogens (tertiary/aromatic N) is 1. The topological polar surface area (TPSA) is 39.2 Å². The number of carbonyl (C=O) groups is 1. The summed E-state index contributed by atoms with van der Waals surface area (Å²) >= 11 is 0. The van der Waals surface area contributed by atoms with Gasteiger partial charge in [0.1, 0.15) is 5.69 Å². The molecule has 0 saturated heterocycles. The van der Waals surface area contributed by atoms with Crippen molar-refractivity contribution in [2.45, 2.75) is 6.18 Å². The summed E-state index contributed by atoms with van der Waals surface area (Å²) in [6.07, 6.45) is -3.85. The first kappa shape index (κ1) is 13.7. The Bertz CT molecular complexity index is 337. The number of carbonyl (C=O) groups excluding carboxylic acids is 1. The van der Waals surface area contributed by atoms with Crippen LogP contribution in [0.1, 0.15) is 16.1 Å². The van der Waals surface area contributed by atoms with Gasteiger partial charge in [0, 0.05) is 6.20 Å². The quantitative estimate of drug-likeness (QED) is 0.709. The largest absolute Gasteiger partial charge is 0.464 e. The predicted molar refractivity (Wildman–Crippen MR) is 47.8 cm³/mol. The van der Waals surface area contributed by atoms with Crippen molar-refractivity contribution < 1.29 is 22.7 Å². The second-order valence-electron chi connectivity index (χ2n) is 2.42. The second kappa shape index (κ2) is 4.97. The van der Waals surface area contributed by atoms with Crippen LogP contribution in [0.4, 0.5) is 13.2 Å². The zero-order chi connectivity index (χ0) is 10.8. The molecule has 0 atom stereocenters. The maximum Gasteiger partial charge on any atom is 0.417 e. The number of hydrogen-bond acceptors (Lipinski definition) is 3. The van der Waals surface area contributed by atoms with Crippen LogP contribution < -0.4 is 0 Å².